The Hall–Kier alpha value is -3.33. The van der Waals surface area contributed by atoms with Crippen molar-refractivity contribution in [3.05, 3.63) is 89.5 Å². The van der Waals surface area contributed by atoms with Gasteiger partial charge in [-0.1, -0.05) is 48.5 Å². The van der Waals surface area contributed by atoms with Crippen LogP contribution in [-0.2, 0) is 0 Å². The van der Waals surface area contributed by atoms with Gasteiger partial charge in [-0.25, -0.2) is 0 Å². The van der Waals surface area contributed by atoms with Gasteiger partial charge in [-0.3, -0.25) is 4.99 Å². The first-order valence-electron chi connectivity index (χ1n) is 9.18. The second-order valence-electron chi connectivity index (χ2n) is 6.90. The standard InChI is InChI=1S/C24H20N2O/c1-27-17-12-10-16(11-13-17)14-20-18-6-2-3-7-19(18)21-15-25-22-8-4-5-9-23(22)26-24(20)21/h2-15,21,24,26H,1H3/b20-14+. The van der Waals surface area contributed by atoms with Crippen molar-refractivity contribution in [2.24, 2.45) is 4.99 Å². The Balaban J connectivity index is 1.63. The number of methoxy groups -OCH3 is 1. The lowest BCUT2D eigenvalue weighted by Crippen LogP contribution is -2.23. The van der Waals surface area contributed by atoms with E-state index in [9.17, 15) is 0 Å². The summed E-state index contributed by atoms with van der Waals surface area (Å²) in [4.78, 5) is 4.76. The zero-order valence-electron chi connectivity index (χ0n) is 15.1. The van der Waals surface area contributed by atoms with Crippen LogP contribution in [0.25, 0.3) is 11.6 Å². The lowest BCUT2D eigenvalue weighted by molar-refractivity contribution is 0.415. The van der Waals surface area contributed by atoms with E-state index in [2.05, 4.69) is 72.2 Å². The van der Waals surface area contributed by atoms with Gasteiger partial charge in [0.15, 0.2) is 0 Å². The molecular weight excluding hydrogens is 332 g/mol. The minimum Gasteiger partial charge on any atom is -0.497 e. The Labute approximate surface area is 159 Å². The average Bonchev–Trinajstić information content (AvgIpc) is 2.88. The van der Waals surface area contributed by atoms with Crippen LogP contribution in [0.1, 0.15) is 22.6 Å². The Kier molecular flexibility index (Phi) is 3.79. The SMILES string of the molecule is COc1ccc(/C=C2\c3ccccc3C3C=Nc4ccccc4NC23)cc1. The van der Waals surface area contributed by atoms with Gasteiger partial charge in [-0.2, -0.15) is 0 Å². The number of nitrogens with one attached hydrogen (secondary N) is 1. The first-order chi connectivity index (χ1) is 13.3. The molecular formula is C24H20N2O. The van der Waals surface area contributed by atoms with E-state index in [1.807, 2.05) is 18.2 Å². The van der Waals surface area contributed by atoms with E-state index in [4.69, 9.17) is 9.73 Å². The summed E-state index contributed by atoms with van der Waals surface area (Å²) in [7, 11) is 1.69. The number of fused-ring (bicyclic) bond motifs is 4. The molecule has 0 radical (unpaired) electrons. The largest absolute Gasteiger partial charge is 0.497 e. The van der Waals surface area contributed by atoms with Gasteiger partial charge >= 0.3 is 0 Å². The van der Waals surface area contributed by atoms with Crippen LogP contribution in [0.4, 0.5) is 11.4 Å². The number of rotatable bonds is 2. The maximum atomic E-state index is 5.29. The van der Waals surface area contributed by atoms with Crippen LogP contribution in [0.5, 0.6) is 5.75 Å². The zero-order valence-corrected chi connectivity index (χ0v) is 15.1. The quantitative estimate of drug-likeness (QED) is 0.658. The summed E-state index contributed by atoms with van der Waals surface area (Å²) in [5.74, 6) is 1.09. The number of aliphatic imine (C=N–C) groups is 1. The fourth-order valence-corrected chi connectivity index (χ4v) is 4.01. The minimum atomic E-state index is 0.164. The van der Waals surface area contributed by atoms with Gasteiger partial charge in [0.1, 0.15) is 5.75 Å². The summed E-state index contributed by atoms with van der Waals surface area (Å²) in [6.07, 6.45) is 4.37. The van der Waals surface area contributed by atoms with Gasteiger partial charge in [0, 0.05) is 12.1 Å². The van der Waals surface area contributed by atoms with E-state index < -0.39 is 0 Å². The smallest absolute Gasteiger partial charge is 0.118 e. The lowest BCUT2D eigenvalue weighted by atomic mass is 9.98. The normalized spacial score (nSPS) is 21.0. The van der Waals surface area contributed by atoms with Gasteiger partial charge in [0.2, 0.25) is 0 Å². The number of hydrogen-bond donors (Lipinski definition) is 1. The molecule has 3 aromatic carbocycles. The van der Waals surface area contributed by atoms with Crippen LogP contribution in [0, 0.1) is 0 Å². The van der Waals surface area contributed by atoms with E-state index in [1.54, 1.807) is 7.11 Å². The van der Waals surface area contributed by atoms with E-state index >= 15 is 0 Å². The molecule has 2 atom stereocenters. The van der Waals surface area contributed by atoms with Gasteiger partial charge < -0.3 is 10.1 Å². The van der Waals surface area contributed by atoms with Crippen LogP contribution in [0.15, 0.2) is 77.8 Å². The molecule has 2 aliphatic rings. The fraction of sp³-hybridized carbons (Fsp3) is 0.125. The van der Waals surface area contributed by atoms with Gasteiger partial charge in [-0.05, 0) is 52.6 Å². The van der Waals surface area contributed by atoms with Crippen LogP contribution < -0.4 is 10.1 Å². The second-order valence-corrected chi connectivity index (χ2v) is 6.90. The third-order valence-corrected chi connectivity index (χ3v) is 5.35. The zero-order chi connectivity index (χ0) is 18.2. The molecule has 1 heterocycles. The van der Waals surface area contributed by atoms with Crippen LogP contribution >= 0.6 is 0 Å². The van der Waals surface area contributed by atoms with Gasteiger partial charge in [0.05, 0.1) is 24.5 Å². The summed E-state index contributed by atoms with van der Waals surface area (Å²) in [5.41, 5.74) is 7.15. The molecule has 3 nitrogen and oxygen atoms in total. The molecule has 0 aromatic heterocycles. The van der Waals surface area contributed by atoms with Crippen molar-refractivity contribution in [2.75, 3.05) is 12.4 Å². The third-order valence-electron chi connectivity index (χ3n) is 5.35. The van der Waals surface area contributed by atoms with E-state index in [0.29, 0.717) is 0 Å². The molecule has 0 fully saturated rings. The molecule has 132 valence electrons. The summed E-state index contributed by atoms with van der Waals surface area (Å²) >= 11 is 0. The molecule has 1 N–H and O–H groups in total. The first-order valence-corrected chi connectivity index (χ1v) is 9.18. The van der Waals surface area contributed by atoms with Crippen molar-refractivity contribution >= 4 is 29.2 Å². The van der Waals surface area contributed by atoms with E-state index in [1.165, 1.54) is 16.7 Å². The summed E-state index contributed by atoms with van der Waals surface area (Å²) in [5, 5.41) is 3.74. The first kappa shape index (κ1) is 15.9. The molecule has 0 amide bonds. The van der Waals surface area contributed by atoms with Crippen molar-refractivity contribution < 1.29 is 4.74 Å². The molecule has 3 heteroatoms. The summed E-state index contributed by atoms with van der Waals surface area (Å²) < 4.78 is 5.29. The molecule has 0 saturated carbocycles. The Morgan fingerprint density at radius 3 is 2.56 bits per heavy atom. The third kappa shape index (κ3) is 2.72. The van der Waals surface area contributed by atoms with Crippen molar-refractivity contribution in [3.8, 4) is 5.75 Å². The predicted molar refractivity (Wildman–Crippen MR) is 112 cm³/mol. The van der Waals surface area contributed by atoms with Crippen molar-refractivity contribution in [2.45, 2.75) is 12.0 Å². The Morgan fingerprint density at radius 2 is 1.70 bits per heavy atom. The van der Waals surface area contributed by atoms with Crippen LogP contribution in [-0.4, -0.2) is 19.4 Å². The van der Waals surface area contributed by atoms with Crippen molar-refractivity contribution in [1.29, 1.82) is 0 Å². The van der Waals surface area contributed by atoms with E-state index in [0.717, 1.165) is 22.7 Å². The molecule has 0 bridgehead atoms. The fourth-order valence-electron chi connectivity index (χ4n) is 4.01. The predicted octanol–water partition coefficient (Wildman–Crippen LogP) is 5.53. The highest BCUT2D eigenvalue weighted by Gasteiger charge is 2.36. The molecule has 1 aliphatic carbocycles. The minimum absolute atomic E-state index is 0.164. The molecule has 0 spiro atoms. The number of anilines is 1. The molecule has 2 unspecified atom stereocenters. The molecule has 0 saturated heterocycles. The Bertz CT molecular complexity index is 1050. The van der Waals surface area contributed by atoms with Crippen LogP contribution in [0.2, 0.25) is 0 Å². The molecule has 1 aliphatic heterocycles. The summed E-state index contributed by atoms with van der Waals surface area (Å²) in [6, 6.07) is 25.2. The number of hydrogen-bond acceptors (Lipinski definition) is 3. The second kappa shape index (κ2) is 6.44. The summed E-state index contributed by atoms with van der Waals surface area (Å²) in [6.45, 7) is 0. The van der Waals surface area contributed by atoms with Gasteiger partial charge in [0.25, 0.3) is 0 Å². The highest BCUT2D eigenvalue weighted by atomic mass is 16.5. The molecule has 5 rings (SSSR count). The lowest BCUT2D eigenvalue weighted by Gasteiger charge is -2.20. The molecule has 3 aromatic rings. The monoisotopic (exact) mass is 352 g/mol. The van der Waals surface area contributed by atoms with Crippen molar-refractivity contribution in [3.63, 3.8) is 0 Å². The number of benzene rings is 3. The maximum absolute atomic E-state index is 5.29. The Morgan fingerprint density at radius 1 is 0.926 bits per heavy atom. The number of nitrogens with zero attached hydrogens (tertiary/aromatic N) is 1. The highest BCUT2D eigenvalue weighted by molar-refractivity contribution is 5.98. The number of para-hydroxylation sites is 2. The van der Waals surface area contributed by atoms with Crippen molar-refractivity contribution in [1.82, 2.24) is 0 Å². The topological polar surface area (TPSA) is 33.6 Å². The maximum Gasteiger partial charge on any atom is 0.118 e. The number of ether oxygens (including phenoxy) is 1. The van der Waals surface area contributed by atoms with E-state index in [-0.39, 0.29) is 12.0 Å². The van der Waals surface area contributed by atoms with Gasteiger partial charge in [-0.15, -0.1) is 0 Å². The molecule has 27 heavy (non-hydrogen) atoms. The van der Waals surface area contributed by atoms with Crippen LogP contribution in [0.3, 0.4) is 0 Å². The average molecular weight is 352 g/mol. The highest BCUT2D eigenvalue weighted by Crippen LogP contribution is 2.45.